The van der Waals surface area contributed by atoms with Crippen LogP contribution in [0.3, 0.4) is 0 Å². The van der Waals surface area contributed by atoms with Gasteiger partial charge in [-0.15, -0.1) is 0 Å². The normalized spacial score (nSPS) is 16.2. The van der Waals surface area contributed by atoms with Gasteiger partial charge in [0.15, 0.2) is 9.84 Å². The third-order valence-corrected chi connectivity index (χ3v) is 8.34. The molecule has 0 radical (unpaired) electrons. The average Bonchev–Trinajstić information content (AvgIpc) is 2.85. The molecule has 5 heterocycles. The number of pyridine rings is 3. The lowest BCUT2D eigenvalue weighted by Gasteiger charge is -2.55. The molecule has 1 spiro atoms. The largest absolute Gasteiger partial charge is 0.380 e. The molecule has 0 saturated carbocycles. The first kappa shape index (κ1) is 24.4. The lowest BCUT2D eigenvalue weighted by Crippen LogP contribution is -2.66. The summed E-state index contributed by atoms with van der Waals surface area (Å²) in [4.78, 5) is 29.3. The van der Waals surface area contributed by atoms with Gasteiger partial charge in [0.2, 0.25) is 0 Å². The maximum absolute atomic E-state index is 12.7. The Labute approximate surface area is 220 Å². The summed E-state index contributed by atoms with van der Waals surface area (Å²) in [6.45, 7) is 5.48. The standard InChI is InChI=1S/C28H27N5O4S/c1-18-6-7-19(10-25(18)38(2,35)36)27(34)30-13-21-11-24-20(12-29-21)8-9-23(31-24)22-4-3-5-26(32-22)33-14-28(15-33)16-37-17-28/h3-12H,13-17H2,1-2H3,(H,30,34). The van der Waals surface area contributed by atoms with Crippen molar-refractivity contribution in [3.8, 4) is 11.4 Å². The van der Waals surface area contributed by atoms with Crippen LogP contribution in [-0.4, -0.2) is 61.8 Å². The molecule has 2 aliphatic rings. The van der Waals surface area contributed by atoms with Gasteiger partial charge in [0.05, 0.1) is 52.7 Å². The Kier molecular flexibility index (Phi) is 5.88. The summed E-state index contributed by atoms with van der Waals surface area (Å²) >= 11 is 0. The Balaban J connectivity index is 1.18. The number of aryl methyl sites for hydroxylation is 1. The second-order valence-corrected chi connectivity index (χ2v) is 12.2. The summed E-state index contributed by atoms with van der Waals surface area (Å²) in [5.41, 5.74) is 4.13. The quantitative estimate of drug-likeness (QED) is 0.405. The van der Waals surface area contributed by atoms with Crippen LogP contribution in [0.2, 0.25) is 0 Å². The van der Waals surface area contributed by atoms with Gasteiger partial charge < -0.3 is 15.0 Å². The highest BCUT2D eigenvalue weighted by molar-refractivity contribution is 7.90. The molecule has 4 aromatic rings. The fraction of sp³-hybridized carbons (Fsp3) is 0.286. The fourth-order valence-corrected chi connectivity index (χ4v) is 5.95. The molecule has 2 aliphatic heterocycles. The highest BCUT2D eigenvalue weighted by Crippen LogP contribution is 2.39. The zero-order chi connectivity index (χ0) is 26.5. The number of hydrogen-bond donors (Lipinski definition) is 1. The lowest BCUT2D eigenvalue weighted by atomic mass is 9.78. The number of hydrogen-bond acceptors (Lipinski definition) is 8. The molecule has 6 rings (SSSR count). The molecule has 9 nitrogen and oxygen atoms in total. The molecule has 10 heteroatoms. The van der Waals surface area contributed by atoms with Crippen molar-refractivity contribution >= 4 is 32.5 Å². The Morgan fingerprint density at radius 3 is 2.58 bits per heavy atom. The van der Waals surface area contributed by atoms with Crippen molar-refractivity contribution in [1.29, 1.82) is 0 Å². The number of fused-ring (bicyclic) bond motifs is 1. The van der Waals surface area contributed by atoms with Gasteiger partial charge in [0, 0.05) is 36.5 Å². The van der Waals surface area contributed by atoms with Crippen molar-refractivity contribution in [2.45, 2.75) is 18.4 Å². The minimum Gasteiger partial charge on any atom is -0.380 e. The number of rotatable bonds is 6. The highest BCUT2D eigenvalue weighted by atomic mass is 32.2. The Morgan fingerprint density at radius 2 is 1.84 bits per heavy atom. The summed E-state index contributed by atoms with van der Waals surface area (Å²) in [5.74, 6) is 0.566. The smallest absolute Gasteiger partial charge is 0.251 e. The van der Waals surface area contributed by atoms with Crippen molar-refractivity contribution < 1.29 is 17.9 Å². The number of nitrogens with one attached hydrogen (secondary N) is 1. The lowest BCUT2D eigenvalue weighted by molar-refractivity contribution is -0.127. The van der Waals surface area contributed by atoms with E-state index in [0.717, 1.165) is 60.7 Å². The Morgan fingerprint density at radius 1 is 1.05 bits per heavy atom. The van der Waals surface area contributed by atoms with E-state index in [1.807, 2.05) is 36.4 Å². The Bertz CT molecular complexity index is 1680. The maximum Gasteiger partial charge on any atom is 0.251 e. The van der Waals surface area contributed by atoms with Crippen molar-refractivity contribution in [2.75, 3.05) is 37.5 Å². The molecule has 38 heavy (non-hydrogen) atoms. The number of ether oxygens (including phenoxy) is 1. The maximum atomic E-state index is 12.7. The van der Waals surface area contributed by atoms with Crippen molar-refractivity contribution in [3.05, 3.63) is 77.6 Å². The van der Waals surface area contributed by atoms with Crippen LogP contribution in [0.15, 0.2) is 65.7 Å². The van der Waals surface area contributed by atoms with E-state index < -0.39 is 9.84 Å². The number of nitrogens with zero attached hydrogens (tertiary/aromatic N) is 4. The van der Waals surface area contributed by atoms with Gasteiger partial charge in [-0.1, -0.05) is 12.1 Å². The number of amides is 1. The second-order valence-electron chi connectivity index (χ2n) is 10.2. The van der Waals surface area contributed by atoms with Crippen molar-refractivity contribution in [1.82, 2.24) is 20.3 Å². The van der Waals surface area contributed by atoms with Crippen LogP contribution in [0.25, 0.3) is 22.3 Å². The minimum absolute atomic E-state index is 0.147. The number of carbonyl (C=O) groups excluding carboxylic acids is 1. The Hall–Kier alpha value is -3.89. The van der Waals surface area contributed by atoms with Gasteiger partial charge >= 0.3 is 0 Å². The number of benzene rings is 1. The van der Waals surface area contributed by atoms with Crippen LogP contribution in [0.4, 0.5) is 5.82 Å². The highest BCUT2D eigenvalue weighted by Gasteiger charge is 2.49. The first-order valence-corrected chi connectivity index (χ1v) is 14.2. The molecule has 1 amide bonds. The van der Waals surface area contributed by atoms with Gasteiger partial charge in [-0.05, 0) is 55.0 Å². The summed E-state index contributed by atoms with van der Waals surface area (Å²) < 4.78 is 29.4. The van der Waals surface area contributed by atoms with Crippen LogP contribution >= 0.6 is 0 Å². The topological polar surface area (TPSA) is 114 Å². The summed E-state index contributed by atoms with van der Waals surface area (Å²) in [5, 5.41) is 3.70. The van der Waals surface area contributed by atoms with Crippen molar-refractivity contribution in [2.24, 2.45) is 5.41 Å². The molecule has 3 aromatic heterocycles. The minimum atomic E-state index is -3.43. The van der Waals surface area contributed by atoms with Crippen LogP contribution in [-0.2, 0) is 21.1 Å². The van der Waals surface area contributed by atoms with Crippen LogP contribution in [0.5, 0.6) is 0 Å². The molecular formula is C28H27N5O4S. The van der Waals surface area contributed by atoms with Crippen LogP contribution in [0, 0.1) is 12.3 Å². The molecule has 0 bridgehead atoms. The van der Waals surface area contributed by atoms with Gasteiger partial charge in [-0.3, -0.25) is 9.78 Å². The van der Waals surface area contributed by atoms with E-state index in [1.54, 1.807) is 25.3 Å². The van der Waals surface area contributed by atoms with E-state index >= 15 is 0 Å². The third-order valence-electron chi connectivity index (χ3n) is 7.10. The van der Waals surface area contributed by atoms with E-state index in [2.05, 4.69) is 15.2 Å². The molecule has 2 saturated heterocycles. The second kappa shape index (κ2) is 9.14. The zero-order valence-electron chi connectivity index (χ0n) is 21.1. The third kappa shape index (κ3) is 4.61. The van der Waals surface area contributed by atoms with E-state index in [1.165, 1.54) is 6.07 Å². The van der Waals surface area contributed by atoms with E-state index in [9.17, 15) is 13.2 Å². The summed E-state index contributed by atoms with van der Waals surface area (Å²) in [6.07, 6.45) is 2.86. The van der Waals surface area contributed by atoms with Crippen LogP contribution < -0.4 is 10.2 Å². The van der Waals surface area contributed by atoms with E-state index in [4.69, 9.17) is 14.7 Å². The molecule has 0 aliphatic carbocycles. The first-order chi connectivity index (χ1) is 18.2. The molecule has 0 atom stereocenters. The zero-order valence-corrected chi connectivity index (χ0v) is 22.0. The predicted octanol–water partition coefficient (Wildman–Crippen LogP) is 3.17. The fourth-order valence-electron chi connectivity index (χ4n) is 4.95. The number of sulfone groups is 1. The van der Waals surface area contributed by atoms with Gasteiger partial charge in [-0.2, -0.15) is 0 Å². The average molecular weight is 530 g/mol. The molecular weight excluding hydrogens is 502 g/mol. The molecule has 1 aromatic carbocycles. The first-order valence-electron chi connectivity index (χ1n) is 12.3. The van der Waals surface area contributed by atoms with E-state index in [-0.39, 0.29) is 22.9 Å². The van der Waals surface area contributed by atoms with Gasteiger partial charge in [-0.25, -0.2) is 18.4 Å². The van der Waals surface area contributed by atoms with Gasteiger partial charge in [0.25, 0.3) is 5.91 Å². The predicted molar refractivity (Wildman–Crippen MR) is 144 cm³/mol. The number of anilines is 1. The molecule has 194 valence electrons. The van der Waals surface area contributed by atoms with Crippen molar-refractivity contribution in [3.63, 3.8) is 0 Å². The SMILES string of the molecule is Cc1ccc(C(=O)NCc2cc3nc(-c4cccc(N5CC6(COC6)C5)n4)ccc3cn2)cc1S(C)(=O)=O. The molecule has 2 fully saturated rings. The van der Waals surface area contributed by atoms with E-state index in [0.29, 0.717) is 16.7 Å². The molecule has 1 N–H and O–H groups in total. The summed E-state index contributed by atoms with van der Waals surface area (Å²) in [6, 6.07) is 16.4. The van der Waals surface area contributed by atoms with Crippen LogP contribution in [0.1, 0.15) is 21.6 Å². The molecule has 0 unspecified atom stereocenters. The monoisotopic (exact) mass is 529 g/mol. The number of carbonyl (C=O) groups is 1. The number of aromatic nitrogens is 3. The summed E-state index contributed by atoms with van der Waals surface area (Å²) in [7, 11) is -3.43. The van der Waals surface area contributed by atoms with Gasteiger partial charge in [0.1, 0.15) is 5.82 Å².